The molecule has 132 valence electrons. The van der Waals surface area contributed by atoms with Gasteiger partial charge in [-0.25, -0.2) is 0 Å². The maximum absolute atomic E-state index is 12.8. The number of amides is 1. The van der Waals surface area contributed by atoms with Gasteiger partial charge < -0.3 is 15.1 Å². The first kappa shape index (κ1) is 17.3. The van der Waals surface area contributed by atoms with Crippen molar-refractivity contribution in [2.75, 3.05) is 44.7 Å². The van der Waals surface area contributed by atoms with E-state index in [1.165, 1.54) is 5.69 Å². The molecule has 1 aromatic carbocycles. The van der Waals surface area contributed by atoms with Crippen molar-refractivity contribution in [1.29, 1.82) is 0 Å². The van der Waals surface area contributed by atoms with Gasteiger partial charge in [0.05, 0.1) is 0 Å². The molecule has 0 aromatic heterocycles. The molecule has 2 heterocycles. The highest BCUT2D eigenvalue weighted by Gasteiger charge is 2.31. The number of hydrogen-bond acceptors (Lipinski definition) is 3. The lowest BCUT2D eigenvalue weighted by Crippen LogP contribution is -2.32. The van der Waals surface area contributed by atoms with Gasteiger partial charge in [-0.15, -0.1) is 0 Å². The molecule has 2 saturated heterocycles. The number of nitrogens with one attached hydrogen (secondary N) is 1. The third kappa shape index (κ3) is 3.92. The van der Waals surface area contributed by atoms with E-state index in [-0.39, 0.29) is 5.91 Å². The van der Waals surface area contributed by atoms with Gasteiger partial charge in [0.15, 0.2) is 0 Å². The molecule has 2 fully saturated rings. The lowest BCUT2D eigenvalue weighted by Gasteiger charge is -2.23. The molecule has 2 aliphatic rings. The second-order valence-corrected chi connectivity index (χ2v) is 7.87. The third-order valence-corrected chi connectivity index (χ3v) is 5.50. The van der Waals surface area contributed by atoms with E-state index in [2.05, 4.69) is 48.1 Å². The fourth-order valence-electron chi connectivity index (χ4n) is 4.12. The highest BCUT2D eigenvalue weighted by molar-refractivity contribution is 5.94. The highest BCUT2D eigenvalue weighted by Crippen LogP contribution is 2.28. The van der Waals surface area contributed by atoms with E-state index in [1.807, 2.05) is 12.1 Å². The second-order valence-electron chi connectivity index (χ2n) is 7.87. The van der Waals surface area contributed by atoms with E-state index in [4.69, 9.17) is 0 Å². The zero-order chi connectivity index (χ0) is 17.1. The quantitative estimate of drug-likeness (QED) is 0.923. The van der Waals surface area contributed by atoms with E-state index in [9.17, 15) is 4.79 Å². The molecule has 0 spiro atoms. The Kier molecular flexibility index (Phi) is 5.44. The molecule has 0 saturated carbocycles. The van der Waals surface area contributed by atoms with Crippen molar-refractivity contribution >= 4 is 11.6 Å². The van der Waals surface area contributed by atoms with E-state index in [1.54, 1.807) is 0 Å². The van der Waals surface area contributed by atoms with Crippen LogP contribution in [0.25, 0.3) is 0 Å². The molecule has 3 rings (SSSR count). The van der Waals surface area contributed by atoms with Gasteiger partial charge in [-0.05, 0) is 68.0 Å². The van der Waals surface area contributed by atoms with E-state index >= 15 is 0 Å². The molecule has 2 atom stereocenters. The van der Waals surface area contributed by atoms with Crippen LogP contribution in [0.15, 0.2) is 24.3 Å². The first-order valence-electron chi connectivity index (χ1n) is 9.35. The Morgan fingerprint density at radius 2 is 1.75 bits per heavy atom. The van der Waals surface area contributed by atoms with Crippen LogP contribution in [-0.4, -0.2) is 50.6 Å². The monoisotopic (exact) mass is 329 g/mol. The molecule has 4 heteroatoms. The Balaban J connectivity index is 1.62. The summed E-state index contributed by atoms with van der Waals surface area (Å²) in [5, 5.41) is 3.49. The SMILES string of the molecule is CC(C)CN(C)c1ccc(C(=O)N2CC[C@@H]3CNC[C@@H]3CC2)cc1. The lowest BCUT2D eigenvalue weighted by molar-refractivity contribution is 0.0758. The van der Waals surface area contributed by atoms with E-state index in [0.717, 1.165) is 63.0 Å². The Labute approximate surface area is 146 Å². The van der Waals surface area contributed by atoms with Gasteiger partial charge in [-0.1, -0.05) is 13.8 Å². The van der Waals surface area contributed by atoms with Crippen molar-refractivity contribution in [3.8, 4) is 0 Å². The molecule has 0 radical (unpaired) electrons. The van der Waals surface area contributed by atoms with Crippen molar-refractivity contribution in [3.63, 3.8) is 0 Å². The fraction of sp³-hybridized carbons (Fsp3) is 0.650. The minimum Gasteiger partial charge on any atom is -0.374 e. The molecule has 0 aliphatic carbocycles. The first-order chi connectivity index (χ1) is 11.5. The number of rotatable bonds is 4. The molecule has 1 amide bonds. The van der Waals surface area contributed by atoms with Gasteiger partial charge in [0.2, 0.25) is 0 Å². The second kappa shape index (κ2) is 7.56. The summed E-state index contributed by atoms with van der Waals surface area (Å²) in [5.41, 5.74) is 2.00. The van der Waals surface area contributed by atoms with Gasteiger partial charge in [0, 0.05) is 37.9 Å². The molecular weight excluding hydrogens is 298 g/mol. The van der Waals surface area contributed by atoms with Gasteiger partial charge in [0.25, 0.3) is 5.91 Å². The summed E-state index contributed by atoms with van der Waals surface area (Å²) in [5.74, 6) is 2.34. The van der Waals surface area contributed by atoms with Crippen molar-refractivity contribution in [1.82, 2.24) is 10.2 Å². The average molecular weight is 329 g/mol. The van der Waals surface area contributed by atoms with Crippen LogP contribution in [0.5, 0.6) is 0 Å². The third-order valence-electron chi connectivity index (χ3n) is 5.50. The van der Waals surface area contributed by atoms with Crippen LogP contribution >= 0.6 is 0 Å². The minimum absolute atomic E-state index is 0.195. The molecule has 24 heavy (non-hydrogen) atoms. The lowest BCUT2D eigenvalue weighted by atomic mass is 9.92. The molecule has 4 nitrogen and oxygen atoms in total. The predicted molar refractivity (Wildman–Crippen MR) is 99.5 cm³/mol. The van der Waals surface area contributed by atoms with Crippen LogP contribution in [0.4, 0.5) is 5.69 Å². The number of hydrogen-bond donors (Lipinski definition) is 1. The standard InChI is InChI=1S/C20H31N3O/c1-15(2)14-22(3)19-6-4-16(5-7-19)20(24)23-10-8-17-12-21-13-18(17)9-11-23/h4-7,15,17-18,21H,8-14H2,1-3H3/t17-,18+. The Bertz CT molecular complexity index is 541. The first-order valence-corrected chi connectivity index (χ1v) is 9.35. The van der Waals surface area contributed by atoms with Crippen molar-refractivity contribution < 1.29 is 4.79 Å². The number of carbonyl (C=O) groups excluding carboxylic acids is 1. The van der Waals surface area contributed by atoms with Crippen LogP contribution in [0.1, 0.15) is 37.0 Å². The molecule has 0 unspecified atom stereocenters. The van der Waals surface area contributed by atoms with E-state index < -0.39 is 0 Å². The number of fused-ring (bicyclic) bond motifs is 1. The number of likely N-dealkylation sites (tertiary alicyclic amines) is 1. The Morgan fingerprint density at radius 3 is 2.29 bits per heavy atom. The topological polar surface area (TPSA) is 35.6 Å². The summed E-state index contributed by atoms with van der Waals surface area (Å²) < 4.78 is 0. The summed E-state index contributed by atoms with van der Waals surface area (Å²) in [6.07, 6.45) is 2.28. The molecular formula is C20H31N3O. The molecule has 2 aliphatic heterocycles. The molecule has 1 aromatic rings. The summed E-state index contributed by atoms with van der Waals surface area (Å²) >= 11 is 0. The Hall–Kier alpha value is -1.55. The fourth-order valence-corrected chi connectivity index (χ4v) is 4.12. The van der Waals surface area contributed by atoms with Crippen LogP contribution in [0.3, 0.4) is 0 Å². The minimum atomic E-state index is 0.195. The average Bonchev–Trinajstić information content (AvgIpc) is 2.92. The summed E-state index contributed by atoms with van der Waals surface area (Å²) in [6.45, 7) is 9.52. The largest absolute Gasteiger partial charge is 0.374 e. The maximum atomic E-state index is 12.8. The molecule has 0 bridgehead atoms. The van der Waals surface area contributed by atoms with Gasteiger partial charge >= 0.3 is 0 Å². The van der Waals surface area contributed by atoms with Gasteiger partial charge in [-0.2, -0.15) is 0 Å². The number of anilines is 1. The summed E-state index contributed by atoms with van der Waals surface area (Å²) in [6, 6.07) is 8.13. The Morgan fingerprint density at radius 1 is 1.17 bits per heavy atom. The zero-order valence-corrected chi connectivity index (χ0v) is 15.3. The number of benzene rings is 1. The maximum Gasteiger partial charge on any atom is 0.253 e. The summed E-state index contributed by atoms with van der Waals surface area (Å²) in [4.78, 5) is 17.1. The van der Waals surface area contributed by atoms with Crippen LogP contribution in [0, 0.1) is 17.8 Å². The highest BCUT2D eigenvalue weighted by atomic mass is 16.2. The summed E-state index contributed by atoms with van der Waals surface area (Å²) in [7, 11) is 2.11. The predicted octanol–water partition coefficient (Wildman–Crippen LogP) is 2.85. The zero-order valence-electron chi connectivity index (χ0n) is 15.3. The smallest absolute Gasteiger partial charge is 0.253 e. The van der Waals surface area contributed by atoms with Crippen molar-refractivity contribution in [3.05, 3.63) is 29.8 Å². The van der Waals surface area contributed by atoms with Crippen molar-refractivity contribution in [2.45, 2.75) is 26.7 Å². The number of nitrogens with zero attached hydrogens (tertiary/aromatic N) is 2. The normalized spacial score (nSPS) is 23.9. The van der Waals surface area contributed by atoms with Crippen LogP contribution in [0.2, 0.25) is 0 Å². The van der Waals surface area contributed by atoms with Gasteiger partial charge in [-0.3, -0.25) is 4.79 Å². The van der Waals surface area contributed by atoms with E-state index in [0.29, 0.717) is 5.92 Å². The van der Waals surface area contributed by atoms with Gasteiger partial charge in [0.1, 0.15) is 0 Å². The van der Waals surface area contributed by atoms with Crippen molar-refractivity contribution in [2.24, 2.45) is 17.8 Å². The number of carbonyl (C=O) groups is 1. The molecule has 1 N–H and O–H groups in total. The van der Waals surface area contributed by atoms with Crippen LogP contribution < -0.4 is 10.2 Å². The van der Waals surface area contributed by atoms with Crippen LogP contribution in [-0.2, 0) is 0 Å².